The van der Waals surface area contributed by atoms with E-state index in [0.717, 1.165) is 5.56 Å². The first-order valence-corrected chi connectivity index (χ1v) is 16.8. The predicted molar refractivity (Wildman–Crippen MR) is 179 cm³/mol. The Balaban J connectivity index is 2.11. The van der Waals surface area contributed by atoms with Crippen molar-refractivity contribution in [1.82, 2.24) is 19.6 Å². The minimum atomic E-state index is -1.22. The van der Waals surface area contributed by atoms with E-state index in [4.69, 9.17) is 23.7 Å². The Bertz CT molecular complexity index is 1140. The Morgan fingerprint density at radius 1 is 0.680 bits per heavy atom. The summed E-state index contributed by atoms with van der Waals surface area (Å²) < 4.78 is 26.7. The molecule has 0 spiro atoms. The highest BCUT2D eigenvalue weighted by Crippen LogP contribution is 2.16. The van der Waals surface area contributed by atoms with Gasteiger partial charge in [-0.2, -0.15) is 0 Å². The monoisotopic (exact) mass is 714 g/mol. The predicted octanol–water partition coefficient (Wildman–Crippen LogP) is -0.944. The van der Waals surface area contributed by atoms with Crippen molar-refractivity contribution in [3.63, 3.8) is 0 Å². The van der Waals surface area contributed by atoms with Crippen LogP contribution in [-0.2, 0) is 44.5 Å². The number of nitrogens with zero attached hydrogens (tertiary/aromatic N) is 4. The van der Waals surface area contributed by atoms with Crippen LogP contribution >= 0.6 is 0 Å². The molecule has 0 radical (unpaired) electrons. The van der Waals surface area contributed by atoms with Crippen LogP contribution in [0.2, 0.25) is 0 Å². The number of benzene rings is 1. The summed E-state index contributed by atoms with van der Waals surface area (Å²) in [6.45, 7) is 5.65. The number of aliphatic carboxylic acids is 3. The molecule has 0 aromatic heterocycles. The average molecular weight is 715 g/mol. The molecule has 1 aliphatic heterocycles. The third-order valence-electron chi connectivity index (χ3n) is 8.17. The topological polar surface area (TPSA) is 208 Å². The van der Waals surface area contributed by atoms with E-state index < -0.39 is 42.6 Å². The third-order valence-corrected chi connectivity index (χ3v) is 8.17. The molecule has 17 nitrogen and oxygen atoms in total. The molecule has 1 aromatic rings. The first-order valence-electron chi connectivity index (χ1n) is 16.8. The minimum absolute atomic E-state index is 0.104. The number of esters is 1. The molecule has 1 fully saturated rings. The maximum absolute atomic E-state index is 12.7. The zero-order chi connectivity index (χ0) is 36.7. The van der Waals surface area contributed by atoms with E-state index in [9.17, 15) is 39.6 Å². The van der Waals surface area contributed by atoms with Gasteiger partial charge in [0.1, 0.15) is 24.4 Å². The van der Waals surface area contributed by atoms with Gasteiger partial charge < -0.3 is 44.1 Å². The molecule has 0 bridgehead atoms. The fraction of sp³-hybridized carbons (Fsp3) is 0.697. The number of rotatable bonds is 22. The molecule has 0 amide bonds. The average Bonchev–Trinajstić information content (AvgIpc) is 3.08. The number of carboxylic acids is 3. The van der Waals surface area contributed by atoms with E-state index in [0.29, 0.717) is 52.0 Å². The molecule has 1 heterocycles. The maximum Gasteiger partial charge on any atom is 0.323 e. The molecule has 1 aromatic carbocycles. The first kappa shape index (κ1) is 42.7. The smallest absolute Gasteiger partial charge is 0.323 e. The fourth-order valence-electron chi connectivity index (χ4n) is 5.37. The quantitative estimate of drug-likeness (QED) is 0.0844. The highest BCUT2D eigenvalue weighted by Gasteiger charge is 2.30. The second-order valence-corrected chi connectivity index (χ2v) is 11.6. The van der Waals surface area contributed by atoms with Crippen molar-refractivity contribution in [2.24, 2.45) is 0 Å². The van der Waals surface area contributed by atoms with Crippen molar-refractivity contribution >= 4 is 23.9 Å². The maximum atomic E-state index is 12.7. The van der Waals surface area contributed by atoms with E-state index in [2.05, 4.69) is 0 Å². The Kier molecular flexibility index (Phi) is 21.1. The number of aliphatic hydroxyl groups is 1. The highest BCUT2D eigenvalue weighted by molar-refractivity contribution is 5.74. The number of hydrogen-bond acceptors (Lipinski definition) is 14. The Morgan fingerprint density at radius 3 is 1.62 bits per heavy atom. The second-order valence-electron chi connectivity index (χ2n) is 11.6. The van der Waals surface area contributed by atoms with Crippen LogP contribution in [0, 0.1) is 0 Å². The zero-order valence-electron chi connectivity index (χ0n) is 29.2. The van der Waals surface area contributed by atoms with E-state index in [1.807, 2.05) is 6.92 Å². The zero-order valence-corrected chi connectivity index (χ0v) is 29.2. The lowest BCUT2D eigenvalue weighted by atomic mass is 10.0. The largest absolute Gasteiger partial charge is 0.491 e. The third kappa shape index (κ3) is 17.0. The van der Waals surface area contributed by atoms with Crippen LogP contribution < -0.4 is 4.74 Å². The van der Waals surface area contributed by atoms with Gasteiger partial charge in [-0.05, 0) is 31.0 Å². The van der Waals surface area contributed by atoms with Crippen LogP contribution in [0.25, 0.3) is 0 Å². The molecule has 0 saturated carbocycles. The number of aliphatic hydroxyl groups excluding tert-OH is 1. The van der Waals surface area contributed by atoms with Gasteiger partial charge in [-0.15, -0.1) is 0 Å². The van der Waals surface area contributed by atoms with E-state index in [1.165, 1.54) is 7.11 Å². The normalized spacial score (nSPS) is 17.3. The molecule has 2 rings (SSSR count). The number of carboxylic acid groups (broad SMARTS) is 3. The highest BCUT2D eigenvalue weighted by atomic mass is 16.6. The van der Waals surface area contributed by atoms with Gasteiger partial charge in [-0.1, -0.05) is 12.1 Å². The van der Waals surface area contributed by atoms with Gasteiger partial charge in [-0.25, -0.2) is 0 Å². The van der Waals surface area contributed by atoms with Crippen molar-refractivity contribution in [3.05, 3.63) is 29.8 Å². The van der Waals surface area contributed by atoms with Gasteiger partial charge in [0, 0.05) is 59.0 Å². The Morgan fingerprint density at radius 2 is 1.16 bits per heavy atom. The van der Waals surface area contributed by atoms with Gasteiger partial charge in [-0.3, -0.25) is 38.8 Å². The van der Waals surface area contributed by atoms with Crippen LogP contribution in [0.4, 0.5) is 0 Å². The molecular weight excluding hydrogens is 660 g/mol. The number of hydrogen-bond donors (Lipinski definition) is 4. The summed E-state index contributed by atoms with van der Waals surface area (Å²) in [5.74, 6) is -3.27. The van der Waals surface area contributed by atoms with Crippen LogP contribution in [0.3, 0.4) is 0 Å². The summed E-state index contributed by atoms with van der Waals surface area (Å²) in [6, 6.07) is 4.92. The van der Waals surface area contributed by atoms with Crippen molar-refractivity contribution in [3.8, 4) is 5.75 Å². The summed E-state index contributed by atoms with van der Waals surface area (Å²) in [5.41, 5.74) is 0.754. The van der Waals surface area contributed by atoms with E-state index >= 15 is 0 Å². The lowest BCUT2D eigenvalue weighted by Crippen LogP contribution is -2.54. The van der Waals surface area contributed by atoms with E-state index in [-0.39, 0.29) is 71.9 Å². The van der Waals surface area contributed by atoms with Gasteiger partial charge in [0.05, 0.1) is 59.8 Å². The Labute approximate surface area is 293 Å². The van der Waals surface area contributed by atoms with Crippen molar-refractivity contribution in [2.45, 2.75) is 25.4 Å². The molecule has 1 aliphatic rings. The van der Waals surface area contributed by atoms with Gasteiger partial charge in [0.2, 0.25) is 0 Å². The summed E-state index contributed by atoms with van der Waals surface area (Å²) in [5, 5.41) is 39.4. The van der Waals surface area contributed by atoms with E-state index in [1.54, 1.807) is 43.9 Å². The molecule has 284 valence electrons. The van der Waals surface area contributed by atoms with Crippen molar-refractivity contribution in [1.29, 1.82) is 0 Å². The van der Waals surface area contributed by atoms with Crippen LogP contribution in [0.1, 0.15) is 12.5 Å². The standard InChI is InChI=1S/C33H54N4O13/c1-3-47-16-17-48-18-19-49-20-21-50-27-6-4-26(5-7-27)22-28(32(42)43)36-12-8-34(23-30(39)40)9-14-37(29(25-38)33(44)45)15-11-35(10-13-36)24-31(41)46-2/h4-7,28-29,38H,3,8-25H2,1-2H3,(H,39,40)(H,42,43)(H,44,45). The number of methoxy groups -OCH3 is 1. The lowest BCUT2D eigenvalue weighted by molar-refractivity contribution is -0.146. The summed E-state index contributed by atoms with van der Waals surface area (Å²) in [4.78, 5) is 55.1. The molecule has 1 saturated heterocycles. The molecule has 0 aliphatic carbocycles. The van der Waals surface area contributed by atoms with Crippen LogP contribution in [0.5, 0.6) is 5.75 Å². The number of carbonyl (C=O) groups is 4. The van der Waals surface area contributed by atoms with Crippen LogP contribution in [-0.4, -0.2) is 201 Å². The van der Waals surface area contributed by atoms with Crippen molar-refractivity contribution in [2.75, 3.05) is 125 Å². The number of ether oxygens (including phenoxy) is 5. The second kappa shape index (κ2) is 24.7. The molecule has 17 heteroatoms. The molecule has 4 N–H and O–H groups in total. The number of carbonyl (C=O) groups excluding carboxylic acids is 1. The molecule has 50 heavy (non-hydrogen) atoms. The molecule has 2 unspecified atom stereocenters. The summed E-state index contributed by atoms with van der Waals surface area (Å²) in [7, 11) is 1.26. The van der Waals surface area contributed by atoms with Gasteiger partial charge >= 0.3 is 23.9 Å². The minimum Gasteiger partial charge on any atom is -0.491 e. The fourth-order valence-corrected chi connectivity index (χ4v) is 5.37. The SMILES string of the molecule is CCOCCOCCOCCOc1ccc(CC(C(=O)O)N2CCN(CC(=O)O)CCN(C(CO)C(=O)O)CCN(CC(=O)OC)CC2)cc1. The summed E-state index contributed by atoms with van der Waals surface area (Å²) in [6.07, 6.45) is 0.155. The molecular formula is C33H54N4O13. The van der Waals surface area contributed by atoms with Crippen molar-refractivity contribution < 1.29 is 63.3 Å². The summed E-state index contributed by atoms with van der Waals surface area (Å²) >= 11 is 0. The first-order chi connectivity index (χ1) is 24.1. The Hall–Kier alpha value is -3.42. The van der Waals surface area contributed by atoms with Crippen LogP contribution in [0.15, 0.2) is 24.3 Å². The molecule has 2 atom stereocenters. The lowest BCUT2D eigenvalue weighted by Gasteiger charge is -2.36. The van der Waals surface area contributed by atoms with Gasteiger partial charge in [0.25, 0.3) is 0 Å². The van der Waals surface area contributed by atoms with Gasteiger partial charge in [0.15, 0.2) is 0 Å².